The van der Waals surface area contributed by atoms with Gasteiger partial charge in [-0.2, -0.15) is 0 Å². The molecule has 2 unspecified atom stereocenters. The third-order valence-electron chi connectivity index (χ3n) is 4.67. The molecule has 0 bridgehead atoms. The van der Waals surface area contributed by atoms with Crippen LogP contribution in [0, 0.1) is 5.41 Å². The largest absolute Gasteiger partial charge is 0.481 e. The number of ether oxygens (including phenoxy) is 1. The fraction of sp³-hybridized carbons (Fsp3) is 0.933. The number of morpholine rings is 1. The van der Waals surface area contributed by atoms with E-state index in [4.69, 9.17) is 9.84 Å². The summed E-state index contributed by atoms with van der Waals surface area (Å²) in [5, 5.41) is 9.13. The predicted molar refractivity (Wildman–Crippen MR) is 74.2 cm³/mol. The minimum Gasteiger partial charge on any atom is -0.481 e. The normalized spacial score (nSPS) is 28.9. The Balaban J connectivity index is 1.80. The van der Waals surface area contributed by atoms with Crippen molar-refractivity contribution >= 4 is 5.97 Å². The van der Waals surface area contributed by atoms with Gasteiger partial charge >= 0.3 is 5.97 Å². The molecular formula is C15H27NO3. The maximum Gasteiger partial charge on any atom is 0.309 e. The highest BCUT2D eigenvalue weighted by molar-refractivity contribution is 5.73. The van der Waals surface area contributed by atoms with E-state index in [-0.39, 0.29) is 0 Å². The molecule has 4 nitrogen and oxygen atoms in total. The molecule has 0 amide bonds. The molecule has 2 atom stereocenters. The second kappa shape index (κ2) is 6.23. The van der Waals surface area contributed by atoms with Crippen LogP contribution in [0.25, 0.3) is 0 Å². The third kappa shape index (κ3) is 3.69. The van der Waals surface area contributed by atoms with E-state index in [2.05, 4.69) is 4.90 Å². The molecule has 0 aromatic rings. The fourth-order valence-corrected chi connectivity index (χ4v) is 3.29. The smallest absolute Gasteiger partial charge is 0.309 e. The first kappa shape index (κ1) is 14.8. The van der Waals surface area contributed by atoms with Crippen molar-refractivity contribution in [3.8, 4) is 0 Å². The lowest BCUT2D eigenvalue weighted by Gasteiger charge is -2.44. The van der Waals surface area contributed by atoms with Crippen molar-refractivity contribution in [2.24, 2.45) is 5.41 Å². The molecule has 1 aliphatic heterocycles. The monoisotopic (exact) mass is 269 g/mol. The van der Waals surface area contributed by atoms with E-state index in [9.17, 15) is 4.79 Å². The lowest BCUT2D eigenvalue weighted by Crippen LogP contribution is -2.52. The second-order valence-electron chi connectivity index (χ2n) is 6.59. The van der Waals surface area contributed by atoms with Crippen molar-refractivity contribution in [2.45, 2.75) is 64.5 Å². The molecule has 1 saturated carbocycles. The topological polar surface area (TPSA) is 49.8 Å². The van der Waals surface area contributed by atoms with Gasteiger partial charge in [0.15, 0.2) is 0 Å². The molecule has 2 rings (SSSR count). The van der Waals surface area contributed by atoms with E-state index in [1.54, 1.807) is 0 Å². The Morgan fingerprint density at radius 2 is 2.11 bits per heavy atom. The summed E-state index contributed by atoms with van der Waals surface area (Å²) >= 11 is 0. The molecule has 0 spiro atoms. The van der Waals surface area contributed by atoms with Gasteiger partial charge in [0, 0.05) is 12.6 Å². The zero-order valence-corrected chi connectivity index (χ0v) is 12.2. The number of fused-ring (bicyclic) bond motifs is 1. The molecule has 1 saturated heterocycles. The van der Waals surface area contributed by atoms with Crippen molar-refractivity contribution in [2.75, 3.05) is 19.7 Å². The Morgan fingerprint density at radius 3 is 2.84 bits per heavy atom. The van der Waals surface area contributed by atoms with E-state index in [0.717, 1.165) is 32.5 Å². The first-order chi connectivity index (χ1) is 9.00. The summed E-state index contributed by atoms with van der Waals surface area (Å²) in [4.78, 5) is 13.6. The number of hydrogen-bond acceptors (Lipinski definition) is 3. The van der Waals surface area contributed by atoms with Gasteiger partial charge in [-0.05, 0) is 46.1 Å². The first-order valence-corrected chi connectivity index (χ1v) is 7.60. The summed E-state index contributed by atoms with van der Waals surface area (Å²) in [6, 6.07) is 0.579. The van der Waals surface area contributed by atoms with Crippen LogP contribution < -0.4 is 0 Å². The molecule has 2 aliphatic rings. The number of hydrogen-bond donors (Lipinski definition) is 1. The van der Waals surface area contributed by atoms with Gasteiger partial charge in [0.25, 0.3) is 0 Å². The quantitative estimate of drug-likeness (QED) is 0.833. The zero-order valence-electron chi connectivity index (χ0n) is 12.2. The molecular weight excluding hydrogens is 242 g/mol. The van der Waals surface area contributed by atoms with Crippen LogP contribution in [-0.4, -0.2) is 47.8 Å². The second-order valence-corrected chi connectivity index (χ2v) is 6.59. The molecule has 0 aromatic carbocycles. The van der Waals surface area contributed by atoms with Gasteiger partial charge in [-0.15, -0.1) is 0 Å². The summed E-state index contributed by atoms with van der Waals surface area (Å²) in [7, 11) is 0. The number of aliphatic carboxylic acids is 1. The average Bonchev–Trinajstić information content (AvgIpc) is 2.38. The van der Waals surface area contributed by atoms with Crippen molar-refractivity contribution < 1.29 is 14.6 Å². The Labute approximate surface area is 116 Å². The van der Waals surface area contributed by atoms with Crippen LogP contribution in [0.2, 0.25) is 0 Å². The average molecular weight is 269 g/mol. The standard InChI is InChI=1S/C15H27NO3/c1-15(2,14(17)18)8-5-9-16-10-11-19-13-7-4-3-6-12(13)16/h12-13H,3-11H2,1-2H3,(H,17,18). The van der Waals surface area contributed by atoms with Crippen LogP contribution in [0.4, 0.5) is 0 Å². The zero-order chi connectivity index (χ0) is 13.9. The van der Waals surface area contributed by atoms with Crippen LogP contribution in [0.15, 0.2) is 0 Å². The summed E-state index contributed by atoms with van der Waals surface area (Å²) in [5.41, 5.74) is -0.599. The number of rotatable bonds is 5. The molecule has 19 heavy (non-hydrogen) atoms. The van der Waals surface area contributed by atoms with Crippen molar-refractivity contribution in [1.29, 1.82) is 0 Å². The van der Waals surface area contributed by atoms with Crippen LogP contribution in [0.1, 0.15) is 52.4 Å². The molecule has 0 radical (unpaired) electrons. The minimum absolute atomic E-state index is 0.426. The van der Waals surface area contributed by atoms with E-state index in [1.807, 2.05) is 13.8 Å². The van der Waals surface area contributed by atoms with Crippen LogP contribution in [-0.2, 0) is 9.53 Å². The molecule has 1 N–H and O–H groups in total. The minimum atomic E-state index is -0.690. The Morgan fingerprint density at radius 1 is 1.37 bits per heavy atom. The molecule has 4 heteroatoms. The van der Waals surface area contributed by atoms with Crippen molar-refractivity contribution in [3.05, 3.63) is 0 Å². The van der Waals surface area contributed by atoms with Crippen molar-refractivity contribution in [3.63, 3.8) is 0 Å². The highest BCUT2D eigenvalue weighted by Crippen LogP contribution is 2.29. The van der Waals surface area contributed by atoms with E-state index in [1.165, 1.54) is 25.7 Å². The molecule has 2 fully saturated rings. The van der Waals surface area contributed by atoms with E-state index in [0.29, 0.717) is 12.1 Å². The van der Waals surface area contributed by atoms with E-state index < -0.39 is 11.4 Å². The van der Waals surface area contributed by atoms with Crippen molar-refractivity contribution in [1.82, 2.24) is 4.90 Å². The highest BCUT2D eigenvalue weighted by atomic mass is 16.5. The van der Waals surface area contributed by atoms with Crippen LogP contribution in [0.5, 0.6) is 0 Å². The number of carbonyl (C=O) groups is 1. The fourth-order valence-electron chi connectivity index (χ4n) is 3.29. The molecule has 110 valence electrons. The molecule has 1 heterocycles. The van der Waals surface area contributed by atoms with Gasteiger partial charge in [-0.1, -0.05) is 12.8 Å². The molecule has 1 aliphatic carbocycles. The lowest BCUT2D eigenvalue weighted by molar-refractivity contribution is -0.147. The summed E-state index contributed by atoms with van der Waals surface area (Å²) in [6.45, 7) is 6.50. The summed E-state index contributed by atoms with van der Waals surface area (Å²) in [5.74, 6) is -0.690. The van der Waals surface area contributed by atoms with Crippen LogP contribution in [0.3, 0.4) is 0 Å². The molecule has 0 aromatic heterocycles. The van der Waals surface area contributed by atoms with E-state index >= 15 is 0 Å². The number of nitrogens with zero attached hydrogens (tertiary/aromatic N) is 1. The van der Waals surface area contributed by atoms with Gasteiger partial charge in [-0.3, -0.25) is 9.69 Å². The SMILES string of the molecule is CC(C)(CCCN1CCOC2CCCCC21)C(=O)O. The predicted octanol–water partition coefficient (Wildman–Crippen LogP) is 2.52. The lowest BCUT2D eigenvalue weighted by atomic mass is 9.87. The Bertz CT molecular complexity index is 315. The maximum atomic E-state index is 11.1. The Kier molecular flexibility index (Phi) is 4.85. The first-order valence-electron chi connectivity index (χ1n) is 7.60. The summed E-state index contributed by atoms with van der Waals surface area (Å²) < 4.78 is 5.86. The summed E-state index contributed by atoms with van der Waals surface area (Å²) in [6.07, 6.45) is 7.17. The maximum absolute atomic E-state index is 11.1. The van der Waals surface area contributed by atoms with Gasteiger partial charge < -0.3 is 9.84 Å². The Hall–Kier alpha value is -0.610. The van der Waals surface area contributed by atoms with Gasteiger partial charge in [0.1, 0.15) is 0 Å². The van der Waals surface area contributed by atoms with Gasteiger partial charge in [0.05, 0.1) is 18.1 Å². The van der Waals surface area contributed by atoms with Gasteiger partial charge in [-0.25, -0.2) is 0 Å². The number of carboxylic acid groups (broad SMARTS) is 1. The number of carboxylic acids is 1. The third-order valence-corrected chi connectivity index (χ3v) is 4.67. The van der Waals surface area contributed by atoms with Gasteiger partial charge in [0.2, 0.25) is 0 Å². The highest BCUT2D eigenvalue weighted by Gasteiger charge is 2.34. The van der Waals surface area contributed by atoms with Crippen LogP contribution >= 0.6 is 0 Å².